The molecule has 0 bridgehead atoms. The maximum Gasteiger partial charge on any atom is 0.242 e. The van der Waals surface area contributed by atoms with Crippen LogP contribution in [0.3, 0.4) is 0 Å². The molecule has 0 aliphatic heterocycles. The minimum Gasteiger partial charge on any atom is -0.243 e. The molecular formula is C12H19ClN2O2S2. The van der Waals surface area contributed by atoms with E-state index < -0.39 is 10.0 Å². The van der Waals surface area contributed by atoms with Crippen LogP contribution in [-0.4, -0.2) is 32.0 Å². The van der Waals surface area contributed by atoms with Crippen LogP contribution in [0.25, 0.3) is 0 Å². The van der Waals surface area contributed by atoms with Crippen LogP contribution in [0.4, 0.5) is 0 Å². The highest BCUT2D eigenvalue weighted by Gasteiger charge is 2.13. The molecule has 0 fully saturated rings. The fraction of sp³-hybridized carbons (Fsp3) is 0.583. The van der Waals surface area contributed by atoms with Gasteiger partial charge >= 0.3 is 0 Å². The minimum absolute atomic E-state index is 0.152. The predicted octanol–water partition coefficient (Wildman–Crippen LogP) is 2.94. The molecule has 108 valence electrons. The third-order valence-electron chi connectivity index (χ3n) is 2.58. The van der Waals surface area contributed by atoms with E-state index in [4.69, 9.17) is 11.6 Å². The Morgan fingerprint density at radius 1 is 1.26 bits per heavy atom. The lowest BCUT2D eigenvalue weighted by molar-refractivity contribution is 0.573. The Morgan fingerprint density at radius 3 is 2.63 bits per heavy atom. The van der Waals surface area contributed by atoms with Crippen LogP contribution in [0, 0.1) is 0 Å². The van der Waals surface area contributed by atoms with Crippen LogP contribution in [-0.2, 0) is 10.0 Å². The first-order valence-electron chi connectivity index (χ1n) is 6.16. The molecule has 0 saturated heterocycles. The largest absolute Gasteiger partial charge is 0.243 e. The monoisotopic (exact) mass is 322 g/mol. The van der Waals surface area contributed by atoms with Gasteiger partial charge in [0.2, 0.25) is 10.0 Å². The third-order valence-corrected chi connectivity index (χ3v) is 4.94. The quantitative estimate of drug-likeness (QED) is 0.561. The summed E-state index contributed by atoms with van der Waals surface area (Å²) in [6.45, 7) is 0.463. The molecule has 0 spiro atoms. The Hall–Kier alpha value is -0.300. The summed E-state index contributed by atoms with van der Waals surface area (Å²) in [6, 6.07) is 2.93. The Morgan fingerprint density at radius 2 is 2.00 bits per heavy atom. The molecule has 0 aliphatic rings. The summed E-state index contributed by atoms with van der Waals surface area (Å²) >= 11 is 7.46. The van der Waals surface area contributed by atoms with E-state index in [1.54, 1.807) is 0 Å². The van der Waals surface area contributed by atoms with Crippen LogP contribution in [0.15, 0.2) is 23.2 Å². The fourth-order valence-electron chi connectivity index (χ4n) is 1.54. The summed E-state index contributed by atoms with van der Waals surface area (Å²) in [6.07, 6.45) is 7.59. The summed E-state index contributed by atoms with van der Waals surface area (Å²) < 4.78 is 26.3. The van der Waals surface area contributed by atoms with Crippen molar-refractivity contribution in [2.75, 3.05) is 18.6 Å². The number of hydrogen-bond acceptors (Lipinski definition) is 4. The first-order valence-corrected chi connectivity index (χ1v) is 9.42. The second-order valence-electron chi connectivity index (χ2n) is 4.12. The van der Waals surface area contributed by atoms with Crippen LogP contribution < -0.4 is 4.72 Å². The summed E-state index contributed by atoms with van der Waals surface area (Å²) in [5.41, 5.74) is 0. The number of aromatic nitrogens is 1. The minimum atomic E-state index is -3.45. The number of thioether (sulfide) groups is 1. The smallest absolute Gasteiger partial charge is 0.242 e. The van der Waals surface area contributed by atoms with Crippen molar-refractivity contribution in [3.05, 3.63) is 23.5 Å². The number of nitrogens with zero attached hydrogens (tertiary/aromatic N) is 1. The second kappa shape index (κ2) is 8.79. The highest BCUT2D eigenvalue weighted by molar-refractivity contribution is 7.98. The molecule has 0 amide bonds. The van der Waals surface area contributed by atoms with Gasteiger partial charge in [-0.25, -0.2) is 18.1 Å². The van der Waals surface area contributed by atoms with Crippen molar-refractivity contribution in [3.8, 4) is 0 Å². The highest BCUT2D eigenvalue weighted by Crippen LogP contribution is 2.11. The first-order chi connectivity index (χ1) is 9.06. The van der Waals surface area contributed by atoms with Gasteiger partial charge in [-0.1, -0.05) is 24.4 Å². The van der Waals surface area contributed by atoms with E-state index in [1.807, 2.05) is 11.8 Å². The van der Waals surface area contributed by atoms with Crippen LogP contribution in [0.5, 0.6) is 0 Å². The number of pyridine rings is 1. The van der Waals surface area contributed by atoms with Crippen molar-refractivity contribution < 1.29 is 8.42 Å². The van der Waals surface area contributed by atoms with Gasteiger partial charge in [0.1, 0.15) is 10.0 Å². The van der Waals surface area contributed by atoms with E-state index >= 15 is 0 Å². The van der Waals surface area contributed by atoms with E-state index in [1.165, 1.54) is 30.5 Å². The van der Waals surface area contributed by atoms with Crippen molar-refractivity contribution in [2.24, 2.45) is 0 Å². The standard InChI is InChI=1S/C12H19ClN2O2S2/c1-18-9-5-3-2-4-8-15-19(16,17)11-6-7-12(13)14-10-11/h6-7,10,15H,2-5,8-9H2,1H3. The number of unbranched alkanes of at least 4 members (excludes halogenated alkanes) is 3. The molecule has 4 nitrogen and oxygen atoms in total. The SMILES string of the molecule is CSCCCCCCNS(=O)(=O)c1ccc(Cl)nc1. The number of hydrogen-bond donors (Lipinski definition) is 1. The van der Waals surface area contributed by atoms with Crippen LogP contribution >= 0.6 is 23.4 Å². The number of nitrogens with one attached hydrogen (secondary N) is 1. The van der Waals surface area contributed by atoms with E-state index in [-0.39, 0.29) is 10.0 Å². The zero-order chi connectivity index (χ0) is 14.1. The van der Waals surface area contributed by atoms with Gasteiger partial charge < -0.3 is 0 Å². The summed E-state index contributed by atoms with van der Waals surface area (Å²) in [7, 11) is -3.45. The van der Waals surface area contributed by atoms with Crippen molar-refractivity contribution in [1.29, 1.82) is 0 Å². The molecule has 0 aromatic carbocycles. The molecule has 0 saturated carbocycles. The molecule has 0 radical (unpaired) electrons. The maximum atomic E-state index is 11.9. The Bertz CT molecular complexity index is 463. The van der Waals surface area contributed by atoms with Gasteiger partial charge in [0.05, 0.1) is 0 Å². The lowest BCUT2D eigenvalue weighted by Gasteiger charge is -2.06. The van der Waals surface area contributed by atoms with Gasteiger partial charge in [0, 0.05) is 12.7 Å². The molecule has 1 aromatic heterocycles. The van der Waals surface area contributed by atoms with Gasteiger partial charge in [0.15, 0.2) is 0 Å². The molecule has 7 heteroatoms. The predicted molar refractivity (Wildman–Crippen MR) is 81.3 cm³/mol. The van der Waals surface area contributed by atoms with Crippen molar-refractivity contribution in [2.45, 2.75) is 30.6 Å². The topological polar surface area (TPSA) is 59.1 Å². The number of sulfonamides is 1. The summed E-state index contributed by atoms with van der Waals surface area (Å²) in [5.74, 6) is 1.17. The molecular weight excluding hydrogens is 304 g/mol. The number of rotatable bonds is 9. The molecule has 1 heterocycles. The molecule has 19 heavy (non-hydrogen) atoms. The normalized spacial score (nSPS) is 11.7. The van der Waals surface area contributed by atoms with Gasteiger partial charge in [-0.15, -0.1) is 0 Å². The Balaban J connectivity index is 2.29. The van der Waals surface area contributed by atoms with Gasteiger partial charge in [-0.2, -0.15) is 11.8 Å². The van der Waals surface area contributed by atoms with Crippen molar-refractivity contribution in [3.63, 3.8) is 0 Å². The molecule has 0 aliphatic carbocycles. The van der Waals surface area contributed by atoms with Gasteiger partial charge in [-0.05, 0) is 37.0 Å². The van der Waals surface area contributed by atoms with Crippen LogP contribution in [0.2, 0.25) is 5.15 Å². The van der Waals surface area contributed by atoms with E-state index in [0.29, 0.717) is 6.54 Å². The Kier molecular flexibility index (Phi) is 7.75. The molecule has 0 unspecified atom stereocenters. The second-order valence-corrected chi connectivity index (χ2v) is 7.26. The highest BCUT2D eigenvalue weighted by atomic mass is 35.5. The van der Waals surface area contributed by atoms with E-state index in [2.05, 4.69) is 16.0 Å². The average molecular weight is 323 g/mol. The lowest BCUT2D eigenvalue weighted by atomic mass is 10.2. The zero-order valence-electron chi connectivity index (χ0n) is 10.9. The molecule has 1 rings (SSSR count). The molecule has 1 aromatic rings. The summed E-state index contributed by atoms with van der Waals surface area (Å²) in [4.78, 5) is 3.92. The fourth-order valence-corrected chi connectivity index (χ4v) is 3.16. The molecule has 1 N–H and O–H groups in total. The van der Waals surface area contributed by atoms with E-state index in [9.17, 15) is 8.42 Å². The maximum absolute atomic E-state index is 11.9. The van der Waals surface area contributed by atoms with Gasteiger partial charge in [-0.3, -0.25) is 0 Å². The van der Waals surface area contributed by atoms with Crippen molar-refractivity contribution >= 4 is 33.4 Å². The third kappa shape index (κ3) is 6.61. The van der Waals surface area contributed by atoms with Crippen molar-refractivity contribution in [1.82, 2.24) is 9.71 Å². The Labute approximate surface area is 124 Å². The van der Waals surface area contributed by atoms with Gasteiger partial charge in [0.25, 0.3) is 0 Å². The average Bonchev–Trinajstić information content (AvgIpc) is 2.38. The lowest BCUT2D eigenvalue weighted by Crippen LogP contribution is -2.24. The van der Waals surface area contributed by atoms with Crippen LogP contribution in [0.1, 0.15) is 25.7 Å². The summed E-state index contributed by atoms with van der Waals surface area (Å²) in [5, 5.41) is 0.285. The molecule has 0 atom stereocenters. The zero-order valence-corrected chi connectivity index (χ0v) is 13.3. The van der Waals surface area contributed by atoms with E-state index in [0.717, 1.165) is 19.3 Å². The number of halogens is 1. The first kappa shape index (κ1) is 16.8.